The van der Waals surface area contributed by atoms with Gasteiger partial charge < -0.3 is 19.4 Å². The van der Waals surface area contributed by atoms with Crippen molar-refractivity contribution in [1.29, 1.82) is 0 Å². The first kappa shape index (κ1) is 27.8. The number of nitrogens with one attached hydrogen (secondary N) is 1. The molecule has 2 aliphatic rings. The van der Waals surface area contributed by atoms with E-state index < -0.39 is 23.4 Å². The Balaban J connectivity index is 1.29. The molecule has 220 valence electrons. The molecule has 1 saturated carbocycles. The normalized spacial score (nSPS) is 16.2. The lowest BCUT2D eigenvalue weighted by atomic mass is 10.0. The summed E-state index contributed by atoms with van der Waals surface area (Å²) in [5, 5.41) is 11.9. The molecule has 1 saturated heterocycles. The van der Waals surface area contributed by atoms with Gasteiger partial charge in [-0.2, -0.15) is 5.10 Å². The van der Waals surface area contributed by atoms with Crippen molar-refractivity contribution in [2.75, 3.05) is 22.9 Å². The van der Waals surface area contributed by atoms with E-state index in [1.165, 1.54) is 6.07 Å². The maximum Gasteiger partial charge on any atom is 0.407 e. The van der Waals surface area contributed by atoms with Gasteiger partial charge in [0.1, 0.15) is 22.5 Å². The number of amides is 2. The number of benzene rings is 1. The van der Waals surface area contributed by atoms with Crippen molar-refractivity contribution in [1.82, 2.24) is 29.9 Å². The Morgan fingerprint density at radius 2 is 1.83 bits per heavy atom. The van der Waals surface area contributed by atoms with Crippen LogP contribution in [-0.2, 0) is 4.74 Å². The second kappa shape index (κ2) is 10.5. The predicted octanol–water partition coefficient (Wildman–Crippen LogP) is 4.73. The topological polar surface area (TPSA) is 118 Å². The molecule has 0 unspecified atom stereocenters. The standard InChI is InChI=1S/C30H35FN8O3/c1-17-15-38-16-24(35-27(38)18(2)33-17)39(20-6-7-20)28(40)25-22(31)14-23(21-8-11-32-36-26(21)25)37-12-9-19(10-13-37)34-29(41)42-30(3,4)5/h8,11,14-16,19-20H,6-7,9-10,12-13H2,1-5H3,(H,34,41). The fourth-order valence-corrected chi connectivity index (χ4v) is 5.63. The Bertz CT molecular complexity index is 1690. The molecule has 4 aromatic rings. The summed E-state index contributed by atoms with van der Waals surface area (Å²) in [7, 11) is 0. The number of piperidine rings is 1. The number of hydrogen-bond donors (Lipinski definition) is 1. The molecule has 0 spiro atoms. The van der Waals surface area contributed by atoms with Crippen LogP contribution >= 0.6 is 0 Å². The number of imidazole rings is 1. The van der Waals surface area contributed by atoms with Crippen molar-refractivity contribution >= 4 is 40.1 Å². The number of aromatic nitrogens is 5. The lowest BCUT2D eigenvalue weighted by Crippen LogP contribution is -2.46. The lowest BCUT2D eigenvalue weighted by Gasteiger charge is -2.35. The zero-order chi connectivity index (χ0) is 29.8. The Labute approximate surface area is 243 Å². The van der Waals surface area contributed by atoms with Crippen LogP contribution in [-0.4, -0.2) is 67.3 Å². The number of fused-ring (bicyclic) bond motifs is 2. The molecule has 4 heterocycles. The second-order valence-corrected chi connectivity index (χ2v) is 12.2. The van der Waals surface area contributed by atoms with E-state index in [1.54, 1.807) is 23.4 Å². The van der Waals surface area contributed by atoms with Crippen molar-refractivity contribution in [3.8, 4) is 0 Å². The minimum absolute atomic E-state index is 0.0481. The molecule has 1 aliphatic heterocycles. The lowest BCUT2D eigenvalue weighted by molar-refractivity contribution is 0.0497. The number of ether oxygens (including phenoxy) is 1. The van der Waals surface area contributed by atoms with Gasteiger partial charge in [-0.15, -0.1) is 5.10 Å². The molecular formula is C30H35FN8O3. The zero-order valence-electron chi connectivity index (χ0n) is 24.5. The van der Waals surface area contributed by atoms with E-state index in [1.807, 2.05) is 45.2 Å². The number of alkyl carbamates (subject to hydrolysis) is 1. The highest BCUT2D eigenvalue weighted by atomic mass is 19.1. The van der Waals surface area contributed by atoms with Crippen LogP contribution in [0.25, 0.3) is 16.6 Å². The third-order valence-corrected chi connectivity index (χ3v) is 7.60. The molecule has 42 heavy (non-hydrogen) atoms. The molecule has 2 fully saturated rings. The summed E-state index contributed by atoms with van der Waals surface area (Å²) >= 11 is 0. The first-order valence-corrected chi connectivity index (χ1v) is 14.3. The number of rotatable bonds is 5. The summed E-state index contributed by atoms with van der Waals surface area (Å²) < 4.78 is 23.3. The third kappa shape index (κ3) is 5.45. The molecule has 3 aromatic heterocycles. The first-order chi connectivity index (χ1) is 20.0. The molecule has 1 N–H and O–H groups in total. The number of carbonyl (C=O) groups excluding carboxylic acids is 2. The van der Waals surface area contributed by atoms with E-state index in [4.69, 9.17) is 9.72 Å². The molecule has 0 atom stereocenters. The number of anilines is 2. The maximum absolute atomic E-state index is 16.0. The number of aryl methyl sites for hydroxylation is 2. The van der Waals surface area contributed by atoms with Crippen LogP contribution in [0.2, 0.25) is 0 Å². The van der Waals surface area contributed by atoms with E-state index in [-0.39, 0.29) is 23.2 Å². The average Bonchev–Trinajstić information content (AvgIpc) is 3.65. The number of carbonyl (C=O) groups is 2. The van der Waals surface area contributed by atoms with Gasteiger partial charge in [-0.05, 0) is 72.4 Å². The predicted molar refractivity (Wildman–Crippen MR) is 156 cm³/mol. The van der Waals surface area contributed by atoms with Crippen LogP contribution in [0.4, 0.5) is 20.7 Å². The molecule has 1 aliphatic carbocycles. The Morgan fingerprint density at radius 1 is 1.10 bits per heavy atom. The Kier molecular flexibility index (Phi) is 6.94. The largest absolute Gasteiger partial charge is 0.444 e. The van der Waals surface area contributed by atoms with E-state index in [0.717, 1.165) is 24.2 Å². The number of halogens is 1. The SMILES string of the molecule is Cc1cn2cc(N(C(=O)c3c(F)cc(N4CCC(NC(=O)OC(C)(C)C)CC4)c4ccnnc34)C3CC3)nc2c(C)n1. The van der Waals surface area contributed by atoms with Gasteiger partial charge in [0.15, 0.2) is 11.5 Å². The minimum atomic E-state index is -0.653. The average molecular weight is 575 g/mol. The monoisotopic (exact) mass is 574 g/mol. The summed E-state index contributed by atoms with van der Waals surface area (Å²) in [6, 6.07) is 3.07. The molecule has 1 aromatic carbocycles. The van der Waals surface area contributed by atoms with Crippen LogP contribution in [0, 0.1) is 19.7 Å². The van der Waals surface area contributed by atoms with Gasteiger partial charge in [0.2, 0.25) is 0 Å². The number of nitrogens with zero attached hydrogens (tertiary/aromatic N) is 7. The maximum atomic E-state index is 16.0. The van der Waals surface area contributed by atoms with E-state index in [9.17, 15) is 9.59 Å². The minimum Gasteiger partial charge on any atom is -0.444 e. The summed E-state index contributed by atoms with van der Waals surface area (Å²) in [4.78, 5) is 39.2. The molecule has 11 nitrogen and oxygen atoms in total. The van der Waals surface area contributed by atoms with Gasteiger partial charge in [0, 0.05) is 42.4 Å². The fraction of sp³-hybridized carbons (Fsp3) is 0.467. The van der Waals surface area contributed by atoms with Gasteiger partial charge in [-0.3, -0.25) is 14.7 Å². The molecule has 12 heteroatoms. The van der Waals surface area contributed by atoms with Crippen molar-refractivity contribution in [2.24, 2.45) is 0 Å². The van der Waals surface area contributed by atoms with Gasteiger partial charge in [-0.25, -0.2) is 14.2 Å². The first-order valence-electron chi connectivity index (χ1n) is 14.3. The highest BCUT2D eigenvalue weighted by Crippen LogP contribution is 2.37. The quantitative estimate of drug-likeness (QED) is 0.364. The van der Waals surface area contributed by atoms with E-state index in [0.29, 0.717) is 48.5 Å². The summed E-state index contributed by atoms with van der Waals surface area (Å²) in [5.74, 6) is -0.684. The smallest absolute Gasteiger partial charge is 0.407 e. The van der Waals surface area contributed by atoms with Gasteiger partial charge in [0.25, 0.3) is 5.91 Å². The van der Waals surface area contributed by atoms with Crippen molar-refractivity contribution in [3.63, 3.8) is 0 Å². The van der Waals surface area contributed by atoms with Crippen molar-refractivity contribution in [3.05, 3.63) is 53.5 Å². The highest BCUT2D eigenvalue weighted by molar-refractivity contribution is 6.15. The fourth-order valence-electron chi connectivity index (χ4n) is 5.63. The van der Waals surface area contributed by atoms with E-state index in [2.05, 4.69) is 25.4 Å². The van der Waals surface area contributed by atoms with Crippen LogP contribution in [0.5, 0.6) is 0 Å². The summed E-state index contributed by atoms with van der Waals surface area (Å²) in [6.07, 6.45) is 7.71. The zero-order valence-corrected chi connectivity index (χ0v) is 24.5. The van der Waals surface area contributed by atoms with Crippen LogP contribution in [0.3, 0.4) is 0 Å². The van der Waals surface area contributed by atoms with Crippen LogP contribution in [0.15, 0.2) is 30.7 Å². The molecule has 2 amide bonds. The van der Waals surface area contributed by atoms with E-state index >= 15 is 4.39 Å². The Morgan fingerprint density at radius 3 is 2.52 bits per heavy atom. The third-order valence-electron chi connectivity index (χ3n) is 7.60. The van der Waals surface area contributed by atoms with Gasteiger partial charge >= 0.3 is 6.09 Å². The highest BCUT2D eigenvalue weighted by Gasteiger charge is 2.38. The molecule has 0 radical (unpaired) electrons. The van der Waals surface area contributed by atoms with Crippen molar-refractivity contribution in [2.45, 2.75) is 78.0 Å². The molecular weight excluding hydrogens is 539 g/mol. The van der Waals surface area contributed by atoms with Gasteiger partial charge in [-0.1, -0.05) is 0 Å². The second-order valence-electron chi connectivity index (χ2n) is 12.2. The van der Waals surface area contributed by atoms with Crippen LogP contribution < -0.4 is 15.1 Å². The summed E-state index contributed by atoms with van der Waals surface area (Å²) in [5.41, 5.74) is 2.42. The summed E-state index contributed by atoms with van der Waals surface area (Å²) in [6.45, 7) is 10.4. The van der Waals surface area contributed by atoms with Crippen LogP contribution in [0.1, 0.15) is 68.2 Å². The molecule has 0 bridgehead atoms. The van der Waals surface area contributed by atoms with Gasteiger partial charge in [0.05, 0.1) is 23.8 Å². The van der Waals surface area contributed by atoms with Crippen molar-refractivity contribution < 1.29 is 18.7 Å². The molecule has 6 rings (SSSR count). The number of hydrogen-bond acceptors (Lipinski definition) is 8. The Hall–Kier alpha value is -4.35.